The van der Waals surface area contributed by atoms with E-state index in [-0.39, 0.29) is 6.04 Å². The van der Waals surface area contributed by atoms with Crippen molar-refractivity contribution >= 4 is 44.1 Å². The lowest BCUT2D eigenvalue weighted by Gasteiger charge is -2.15. The molecular weight excluding hydrogens is 342 g/mol. The highest BCUT2D eigenvalue weighted by Gasteiger charge is 2.12. The van der Waals surface area contributed by atoms with Crippen LogP contribution in [0.3, 0.4) is 0 Å². The summed E-state index contributed by atoms with van der Waals surface area (Å²) in [4.78, 5) is 4.47. The van der Waals surface area contributed by atoms with Gasteiger partial charge in [-0.2, -0.15) is 15.4 Å². The maximum absolute atomic E-state index is 11.6. The Morgan fingerprint density at radius 3 is 2.56 bits per heavy atom. The lowest BCUT2D eigenvalue weighted by atomic mass is 10.2. The van der Waals surface area contributed by atoms with Crippen molar-refractivity contribution in [1.82, 2.24) is 20.4 Å². The summed E-state index contributed by atoms with van der Waals surface area (Å²) in [6.45, 7) is 3.99. The fourth-order valence-corrected chi connectivity index (χ4v) is 2.83. The second kappa shape index (κ2) is 6.55. The number of hydrogen-bond donors (Lipinski definition) is 4. The van der Waals surface area contributed by atoms with Crippen molar-refractivity contribution in [3.8, 4) is 0 Å². The van der Waals surface area contributed by atoms with E-state index >= 15 is 0 Å². The maximum atomic E-state index is 11.6. The van der Waals surface area contributed by atoms with Crippen molar-refractivity contribution in [3.05, 3.63) is 30.3 Å². The fourth-order valence-electron chi connectivity index (χ4n) is 2.27. The molecule has 0 aliphatic rings. The molecule has 3 aromatic rings. The summed E-state index contributed by atoms with van der Waals surface area (Å²) in [6.07, 6.45) is 1.10. The minimum absolute atomic E-state index is 0.195. The molecule has 2 heterocycles. The van der Waals surface area contributed by atoms with Gasteiger partial charge < -0.3 is 10.6 Å². The van der Waals surface area contributed by atoms with Crippen LogP contribution in [0, 0.1) is 0 Å². The number of nitrogens with one attached hydrogen (secondary N) is 4. The van der Waals surface area contributed by atoms with E-state index in [1.165, 1.54) is 0 Å². The molecule has 0 amide bonds. The number of benzene rings is 1. The second-order valence-corrected chi connectivity index (χ2v) is 7.67. The van der Waals surface area contributed by atoms with Gasteiger partial charge in [-0.05, 0) is 44.2 Å². The topological polar surface area (TPSA) is 125 Å². The van der Waals surface area contributed by atoms with Gasteiger partial charge >= 0.3 is 0 Å². The Labute approximate surface area is 145 Å². The number of anilines is 4. The van der Waals surface area contributed by atoms with E-state index in [0.717, 1.165) is 11.8 Å². The van der Waals surface area contributed by atoms with Crippen LogP contribution in [0.5, 0.6) is 0 Å². The molecule has 0 atom stereocenters. The number of H-pyrrole nitrogens is 1. The van der Waals surface area contributed by atoms with Crippen molar-refractivity contribution in [1.29, 1.82) is 0 Å². The first kappa shape index (κ1) is 17.0. The van der Waals surface area contributed by atoms with E-state index in [1.54, 1.807) is 24.3 Å². The predicted octanol–water partition coefficient (Wildman–Crippen LogP) is 2.29. The number of rotatable bonds is 6. The highest BCUT2D eigenvalue weighted by atomic mass is 32.2. The first-order chi connectivity index (χ1) is 11.8. The van der Waals surface area contributed by atoms with Crippen molar-refractivity contribution in [2.24, 2.45) is 0 Å². The summed E-state index contributed by atoms with van der Waals surface area (Å²) >= 11 is 0. The minimum atomic E-state index is -3.43. The summed E-state index contributed by atoms with van der Waals surface area (Å²) in [6, 6.07) is 9.00. The number of hydrogen-bond acceptors (Lipinski definition) is 7. The fraction of sp³-hybridized carbons (Fsp3) is 0.267. The molecule has 0 aliphatic heterocycles. The van der Waals surface area contributed by atoms with Crippen molar-refractivity contribution in [2.75, 3.05) is 21.6 Å². The number of aromatic nitrogens is 4. The van der Waals surface area contributed by atoms with Gasteiger partial charge in [-0.3, -0.25) is 4.72 Å². The van der Waals surface area contributed by atoms with E-state index in [2.05, 4.69) is 35.8 Å². The average Bonchev–Trinajstić information content (AvgIpc) is 2.95. The van der Waals surface area contributed by atoms with Gasteiger partial charge in [0.25, 0.3) is 0 Å². The van der Waals surface area contributed by atoms with E-state index in [4.69, 9.17) is 0 Å². The molecule has 25 heavy (non-hydrogen) atoms. The molecule has 10 heteroatoms. The predicted molar refractivity (Wildman–Crippen MR) is 98.6 cm³/mol. The molecule has 0 aliphatic carbocycles. The third-order valence-electron chi connectivity index (χ3n) is 3.21. The van der Waals surface area contributed by atoms with Crippen LogP contribution in [0.1, 0.15) is 13.8 Å². The van der Waals surface area contributed by atoms with Gasteiger partial charge in [-0.15, -0.1) is 0 Å². The van der Waals surface area contributed by atoms with Gasteiger partial charge in [0, 0.05) is 11.7 Å². The largest absolute Gasteiger partial charge is 0.368 e. The highest BCUT2D eigenvalue weighted by Crippen LogP contribution is 2.27. The lowest BCUT2D eigenvalue weighted by molar-refractivity contribution is 0.607. The van der Waals surface area contributed by atoms with E-state index < -0.39 is 10.0 Å². The van der Waals surface area contributed by atoms with Crippen LogP contribution >= 0.6 is 0 Å². The maximum Gasteiger partial charge on any atom is 0.229 e. The van der Waals surface area contributed by atoms with Gasteiger partial charge in [-0.1, -0.05) is 0 Å². The standard InChI is InChI=1S/C15H19N7O2S/c1-9(2)16-14-7-6-12(21-25(3,23)24)15(18-14)17-10-4-5-11-13(8-10)20-22-19-11/h4-9,21H,1-3H3,(H2,16,17,18)(H,19,20,22). The summed E-state index contributed by atoms with van der Waals surface area (Å²) in [7, 11) is -3.43. The molecule has 0 unspecified atom stereocenters. The molecular formula is C15H19N7O2S. The van der Waals surface area contributed by atoms with E-state index in [1.807, 2.05) is 19.9 Å². The van der Waals surface area contributed by atoms with Crippen LogP contribution in [-0.4, -0.2) is 41.1 Å². The monoisotopic (exact) mass is 361 g/mol. The highest BCUT2D eigenvalue weighted by molar-refractivity contribution is 7.92. The normalized spacial score (nSPS) is 11.7. The Bertz CT molecular complexity index is 998. The summed E-state index contributed by atoms with van der Waals surface area (Å²) in [5, 5.41) is 16.9. The van der Waals surface area contributed by atoms with Crippen molar-refractivity contribution < 1.29 is 8.42 Å². The zero-order valence-corrected chi connectivity index (χ0v) is 14.8. The second-order valence-electron chi connectivity index (χ2n) is 5.92. The molecule has 0 radical (unpaired) electrons. The molecule has 9 nitrogen and oxygen atoms in total. The number of pyridine rings is 1. The molecule has 2 aromatic heterocycles. The van der Waals surface area contributed by atoms with Crippen molar-refractivity contribution in [3.63, 3.8) is 0 Å². The third-order valence-corrected chi connectivity index (χ3v) is 3.80. The van der Waals surface area contributed by atoms with Gasteiger partial charge in [-0.25, -0.2) is 13.4 Å². The number of fused-ring (bicyclic) bond motifs is 1. The third kappa shape index (κ3) is 4.35. The summed E-state index contributed by atoms with van der Waals surface area (Å²) < 4.78 is 25.7. The number of sulfonamides is 1. The Morgan fingerprint density at radius 1 is 1.08 bits per heavy atom. The quantitative estimate of drug-likeness (QED) is 0.531. The zero-order chi connectivity index (χ0) is 18.0. The Kier molecular flexibility index (Phi) is 4.45. The summed E-state index contributed by atoms with van der Waals surface area (Å²) in [5.41, 5.74) is 2.51. The number of aromatic amines is 1. The van der Waals surface area contributed by atoms with E-state index in [9.17, 15) is 8.42 Å². The molecule has 0 saturated carbocycles. The van der Waals surface area contributed by atoms with Crippen LogP contribution in [-0.2, 0) is 10.0 Å². The number of nitrogens with zero attached hydrogens (tertiary/aromatic N) is 3. The molecule has 0 spiro atoms. The zero-order valence-electron chi connectivity index (χ0n) is 14.0. The van der Waals surface area contributed by atoms with Gasteiger partial charge in [0.05, 0.1) is 11.9 Å². The molecule has 132 valence electrons. The minimum Gasteiger partial charge on any atom is -0.368 e. The van der Waals surface area contributed by atoms with Crippen LogP contribution < -0.4 is 15.4 Å². The van der Waals surface area contributed by atoms with Crippen LogP contribution in [0.2, 0.25) is 0 Å². The first-order valence-corrected chi connectivity index (χ1v) is 9.52. The molecule has 0 saturated heterocycles. The van der Waals surface area contributed by atoms with Gasteiger partial charge in [0.15, 0.2) is 5.82 Å². The molecule has 0 bridgehead atoms. The SMILES string of the molecule is CC(C)Nc1ccc(NS(C)(=O)=O)c(Nc2ccc3n[nH]nc3c2)n1. The Hall–Kier alpha value is -2.88. The Balaban J connectivity index is 1.97. The molecule has 0 fully saturated rings. The molecule has 1 aromatic carbocycles. The van der Waals surface area contributed by atoms with Gasteiger partial charge in [0.1, 0.15) is 16.9 Å². The van der Waals surface area contributed by atoms with Crippen molar-refractivity contribution in [2.45, 2.75) is 19.9 Å². The van der Waals surface area contributed by atoms with E-state index in [0.29, 0.717) is 28.5 Å². The van der Waals surface area contributed by atoms with Crippen LogP contribution in [0.25, 0.3) is 11.0 Å². The smallest absolute Gasteiger partial charge is 0.229 e. The summed E-state index contributed by atoms with van der Waals surface area (Å²) in [5.74, 6) is 1.03. The first-order valence-electron chi connectivity index (χ1n) is 7.63. The van der Waals surface area contributed by atoms with Gasteiger partial charge in [0.2, 0.25) is 10.0 Å². The van der Waals surface area contributed by atoms with Crippen LogP contribution in [0.4, 0.5) is 23.0 Å². The van der Waals surface area contributed by atoms with Crippen LogP contribution in [0.15, 0.2) is 30.3 Å². The lowest BCUT2D eigenvalue weighted by Crippen LogP contribution is -2.14. The molecule has 4 N–H and O–H groups in total. The average molecular weight is 361 g/mol. The molecule has 3 rings (SSSR count). The Morgan fingerprint density at radius 2 is 1.84 bits per heavy atom.